The molecule has 3 aliphatic rings. The number of anilines is 2. The first kappa shape index (κ1) is 26.9. The minimum Gasteiger partial charge on any atom is -0.481 e. The van der Waals surface area contributed by atoms with Crippen molar-refractivity contribution in [3.63, 3.8) is 0 Å². The van der Waals surface area contributed by atoms with Crippen molar-refractivity contribution in [1.82, 2.24) is 14.8 Å². The summed E-state index contributed by atoms with van der Waals surface area (Å²) >= 11 is 0. The number of piperazine rings is 1. The number of nitrogens with one attached hydrogen (secondary N) is 1. The van der Waals surface area contributed by atoms with Crippen LogP contribution in [-0.4, -0.2) is 84.3 Å². The van der Waals surface area contributed by atoms with Crippen LogP contribution in [0.2, 0.25) is 0 Å². The van der Waals surface area contributed by atoms with Gasteiger partial charge in [0.15, 0.2) is 0 Å². The molecule has 7 nitrogen and oxygen atoms in total. The lowest BCUT2D eigenvalue weighted by Gasteiger charge is -2.38. The molecule has 206 valence electrons. The van der Waals surface area contributed by atoms with E-state index in [0.717, 1.165) is 83.0 Å². The molecule has 3 aliphatic heterocycles. The van der Waals surface area contributed by atoms with Gasteiger partial charge in [0.05, 0.1) is 6.42 Å². The molecule has 4 heterocycles. The van der Waals surface area contributed by atoms with Crippen LogP contribution in [0.4, 0.5) is 11.5 Å². The van der Waals surface area contributed by atoms with Crippen molar-refractivity contribution < 1.29 is 9.90 Å². The van der Waals surface area contributed by atoms with Crippen LogP contribution in [-0.2, 0) is 17.6 Å². The number of hydrogen-bond donors (Lipinski definition) is 2. The van der Waals surface area contributed by atoms with Crippen molar-refractivity contribution in [2.45, 2.75) is 64.3 Å². The van der Waals surface area contributed by atoms with E-state index >= 15 is 0 Å². The van der Waals surface area contributed by atoms with E-state index in [0.29, 0.717) is 12.0 Å². The Balaban J connectivity index is 1.17. The lowest BCUT2D eigenvalue weighted by molar-refractivity contribution is -0.137. The molecular formula is C31H45N5O2. The Bertz CT molecular complexity index is 1080. The average Bonchev–Trinajstić information content (AvgIpc) is 3.38. The van der Waals surface area contributed by atoms with Crippen LogP contribution in [0, 0.1) is 5.92 Å². The van der Waals surface area contributed by atoms with Crippen LogP contribution >= 0.6 is 0 Å². The first-order chi connectivity index (χ1) is 18.4. The Labute approximate surface area is 228 Å². The van der Waals surface area contributed by atoms with Crippen LogP contribution in [0.25, 0.3) is 0 Å². The van der Waals surface area contributed by atoms with Crippen molar-refractivity contribution in [1.29, 1.82) is 0 Å². The molecule has 2 atom stereocenters. The van der Waals surface area contributed by atoms with E-state index < -0.39 is 5.97 Å². The second-order valence-electron chi connectivity index (χ2n) is 11.8. The third-order valence-corrected chi connectivity index (χ3v) is 8.78. The number of aliphatic carboxylic acids is 1. The quantitative estimate of drug-likeness (QED) is 0.479. The number of carboxylic acids is 1. The molecular weight excluding hydrogens is 474 g/mol. The Morgan fingerprint density at radius 3 is 2.76 bits per heavy atom. The van der Waals surface area contributed by atoms with Crippen LogP contribution in [0.15, 0.2) is 36.4 Å². The van der Waals surface area contributed by atoms with Crippen LogP contribution < -0.4 is 10.2 Å². The van der Waals surface area contributed by atoms with Gasteiger partial charge in [0.2, 0.25) is 0 Å². The summed E-state index contributed by atoms with van der Waals surface area (Å²) in [7, 11) is 0. The summed E-state index contributed by atoms with van der Waals surface area (Å²) in [5.41, 5.74) is 4.92. The van der Waals surface area contributed by atoms with E-state index in [1.165, 1.54) is 29.8 Å². The molecule has 0 aliphatic carbocycles. The Kier molecular flexibility index (Phi) is 8.85. The fourth-order valence-corrected chi connectivity index (χ4v) is 6.46. The molecule has 0 spiro atoms. The maximum atomic E-state index is 11.8. The molecule has 2 N–H and O–H groups in total. The molecule has 5 rings (SSSR count). The molecule has 0 bridgehead atoms. The van der Waals surface area contributed by atoms with Gasteiger partial charge in [-0.25, -0.2) is 4.98 Å². The van der Waals surface area contributed by atoms with E-state index in [2.05, 4.69) is 70.3 Å². The van der Waals surface area contributed by atoms with E-state index in [-0.39, 0.29) is 12.3 Å². The van der Waals surface area contributed by atoms with Crippen molar-refractivity contribution in [3.8, 4) is 0 Å². The largest absolute Gasteiger partial charge is 0.481 e. The summed E-state index contributed by atoms with van der Waals surface area (Å²) in [4.78, 5) is 24.2. The molecule has 2 fully saturated rings. The Morgan fingerprint density at radius 1 is 1.13 bits per heavy atom. The van der Waals surface area contributed by atoms with Crippen LogP contribution in [0.1, 0.15) is 62.3 Å². The number of likely N-dealkylation sites (tertiary alicyclic amines) is 1. The number of aromatic nitrogens is 1. The zero-order valence-electron chi connectivity index (χ0n) is 23.2. The number of carboxylic acid groups (broad SMARTS) is 1. The SMILES string of the molecule is CC(C)N1CCN(c2cccc(C(CC(=O)O)CN3CCC(CCc4ccc5c(n4)NCCC5)C3)c2)CC1. The van der Waals surface area contributed by atoms with Gasteiger partial charge in [-0.2, -0.15) is 0 Å². The van der Waals surface area contributed by atoms with Gasteiger partial charge >= 0.3 is 5.97 Å². The molecule has 0 amide bonds. The summed E-state index contributed by atoms with van der Waals surface area (Å²) < 4.78 is 0. The first-order valence-electron chi connectivity index (χ1n) is 14.7. The van der Waals surface area contributed by atoms with Gasteiger partial charge in [-0.1, -0.05) is 18.2 Å². The van der Waals surface area contributed by atoms with Crippen LogP contribution in [0.3, 0.4) is 0 Å². The summed E-state index contributed by atoms with van der Waals surface area (Å²) in [5, 5.41) is 13.2. The van der Waals surface area contributed by atoms with E-state index in [1.54, 1.807) is 0 Å². The highest BCUT2D eigenvalue weighted by molar-refractivity contribution is 5.68. The lowest BCUT2D eigenvalue weighted by atomic mass is 9.94. The van der Waals surface area contributed by atoms with Gasteiger partial charge in [-0.05, 0) is 87.7 Å². The number of carbonyl (C=O) groups is 1. The number of benzene rings is 1. The van der Waals surface area contributed by atoms with E-state index in [9.17, 15) is 9.90 Å². The highest BCUT2D eigenvalue weighted by Crippen LogP contribution is 2.30. The number of aryl methyl sites for hydroxylation is 2. The van der Waals surface area contributed by atoms with E-state index in [4.69, 9.17) is 4.98 Å². The molecule has 2 unspecified atom stereocenters. The maximum Gasteiger partial charge on any atom is 0.304 e. The fourth-order valence-electron chi connectivity index (χ4n) is 6.46. The third kappa shape index (κ3) is 6.86. The number of nitrogens with zero attached hydrogens (tertiary/aromatic N) is 4. The molecule has 0 radical (unpaired) electrons. The molecule has 7 heteroatoms. The highest BCUT2D eigenvalue weighted by Gasteiger charge is 2.27. The molecule has 2 saturated heterocycles. The predicted molar refractivity (Wildman–Crippen MR) is 154 cm³/mol. The van der Waals surface area contributed by atoms with Crippen molar-refractivity contribution in [3.05, 3.63) is 53.2 Å². The topological polar surface area (TPSA) is 71.9 Å². The number of hydrogen-bond acceptors (Lipinski definition) is 6. The van der Waals surface area contributed by atoms with Gasteiger partial charge in [-0.15, -0.1) is 0 Å². The Hall–Kier alpha value is -2.64. The predicted octanol–water partition coefficient (Wildman–Crippen LogP) is 4.48. The standard InChI is InChI=1S/C31H45N5O2/c1-23(2)35-15-17-36(18-16-35)29-7-3-5-26(19-29)27(20-30(37)38)22-34-14-12-24(21-34)8-10-28-11-9-25-6-4-13-32-31(25)33-28/h3,5,7,9,11,19,23-24,27H,4,6,8,10,12-18,20-22H2,1-2H3,(H,32,33)(H,37,38). The van der Waals surface area contributed by atoms with Crippen molar-refractivity contribution in [2.24, 2.45) is 5.92 Å². The smallest absolute Gasteiger partial charge is 0.304 e. The maximum absolute atomic E-state index is 11.8. The Morgan fingerprint density at radius 2 is 1.97 bits per heavy atom. The van der Waals surface area contributed by atoms with Crippen LogP contribution in [0.5, 0.6) is 0 Å². The summed E-state index contributed by atoms with van der Waals surface area (Å²) in [6, 6.07) is 13.7. The summed E-state index contributed by atoms with van der Waals surface area (Å²) in [6.45, 7) is 12.7. The highest BCUT2D eigenvalue weighted by atomic mass is 16.4. The normalized spacial score (nSPS) is 21.3. The monoisotopic (exact) mass is 519 g/mol. The minimum absolute atomic E-state index is 0.0107. The first-order valence-corrected chi connectivity index (χ1v) is 14.7. The summed E-state index contributed by atoms with van der Waals surface area (Å²) in [6.07, 6.45) is 5.83. The molecule has 2 aromatic rings. The zero-order chi connectivity index (χ0) is 26.5. The van der Waals surface area contributed by atoms with Gasteiger partial charge in [-0.3, -0.25) is 9.69 Å². The van der Waals surface area contributed by atoms with Gasteiger partial charge in [0.1, 0.15) is 5.82 Å². The third-order valence-electron chi connectivity index (χ3n) is 8.78. The van der Waals surface area contributed by atoms with Gasteiger partial charge < -0.3 is 20.2 Å². The molecule has 1 aromatic carbocycles. The lowest BCUT2D eigenvalue weighted by Crippen LogP contribution is -2.48. The van der Waals surface area contributed by atoms with Gasteiger partial charge in [0, 0.05) is 69.2 Å². The van der Waals surface area contributed by atoms with E-state index in [1.807, 2.05) is 0 Å². The number of fused-ring (bicyclic) bond motifs is 1. The fraction of sp³-hybridized carbons (Fsp3) is 0.613. The second-order valence-corrected chi connectivity index (χ2v) is 11.8. The minimum atomic E-state index is -0.714. The molecule has 1 aromatic heterocycles. The second kappa shape index (κ2) is 12.5. The molecule has 0 saturated carbocycles. The number of rotatable bonds is 10. The summed E-state index contributed by atoms with van der Waals surface area (Å²) in [5.74, 6) is 1.03. The average molecular weight is 520 g/mol. The zero-order valence-corrected chi connectivity index (χ0v) is 23.2. The molecule has 38 heavy (non-hydrogen) atoms. The van der Waals surface area contributed by atoms with Gasteiger partial charge in [0.25, 0.3) is 0 Å². The van der Waals surface area contributed by atoms with Crippen molar-refractivity contribution >= 4 is 17.5 Å². The van der Waals surface area contributed by atoms with Crippen molar-refractivity contribution in [2.75, 3.05) is 62.6 Å². The number of pyridine rings is 1.